The predicted octanol–water partition coefficient (Wildman–Crippen LogP) is 2.29. The number of morpholine rings is 1. The van der Waals surface area contributed by atoms with E-state index >= 15 is 0 Å². The van der Waals surface area contributed by atoms with Crippen molar-refractivity contribution in [3.05, 3.63) is 29.8 Å². The second-order valence-electron chi connectivity index (χ2n) is 5.29. The molecule has 2 aliphatic rings. The zero-order chi connectivity index (χ0) is 12.4. The lowest BCUT2D eigenvalue weighted by molar-refractivity contribution is 0.0144. The number of ether oxygens (including phenoxy) is 1. The Balaban J connectivity index is 1.91. The van der Waals surface area contributed by atoms with Gasteiger partial charge in [-0.15, -0.1) is 0 Å². The van der Waals surface area contributed by atoms with Crippen LogP contribution in [-0.4, -0.2) is 44.8 Å². The number of para-hydroxylation sites is 1. The minimum absolute atomic E-state index is 0.579. The van der Waals surface area contributed by atoms with Crippen LogP contribution in [0.4, 0.5) is 5.69 Å². The van der Waals surface area contributed by atoms with Crippen LogP contribution in [0, 0.1) is 0 Å². The quantitative estimate of drug-likeness (QED) is 0.756. The van der Waals surface area contributed by atoms with Crippen LogP contribution in [-0.2, 0) is 4.74 Å². The van der Waals surface area contributed by atoms with Crippen LogP contribution >= 0.6 is 0 Å². The Bertz CT molecular complexity index is 401. The van der Waals surface area contributed by atoms with E-state index in [-0.39, 0.29) is 0 Å². The second kappa shape index (κ2) is 5.29. The van der Waals surface area contributed by atoms with E-state index in [4.69, 9.17) is 4.74 Å². The first kappa shape index (κ1) is 12.0. The Labute approximate surface area is 109 Å². The highest BCUT2D eigenvalue weighted by molar-refractivity contribution is 5.55. The molecule has 1 atom stereocenters. The Hall–Kier alpha value is -1.06. The van der Waals surface area contributed by atoms with E-state index in [0.29, 0.717) is 6.04 Å². The van der Waals surface area contributed by atoms with Crippen LogP contribution in [0.1, 0.15) is 24.4 Å². The fourth-order valence-electron chi connectivity index (χ4n) is 3.18. The fourth-order valence-corrected chi connectivity index (χ4v) is 3.18. The lowest BCUT2D eigenvalue weighted by Crippen LogP contribution is -2.39. The average Bonchev–Trinajstić information content (AvgIpc) is 2.60. The summed E-state index contributed by atoms with van der Waals surface area (Å²) in [6, 6.07) is 9.46. The van der Waals surface area contributed by atoms with Gasteiger partial charge in [-0.25, -0.2) is 0 Å². The summed E-state index contributed by atoms with van der Waals surface area (Å²) in [6.45, 7) is 5.08. The van der Waals surface area contributed by atoms with E-state index in [9.17, 15) is 0 Å². The van der Waals surface area contributed by atoms with Crippen LogP contribution in [0.15, 0.2) is 24.3 Å². The zero-order valence-electron chi connectivity index (χ0n) is 11.1. The summed E-state index contributed by atoms with van der Waals surface area (Å²) < 4.78 is 5.48. The van der Waals surface area contributed by atoms with Gasteiger partial charge in [0.25, 0.3) is 0 Å². The van der Waals surface area contributed by atoms with Crippen molar-refractivity contribution >= 4 is 5.69 Å². The van der Waals surface area contributed by atoms with E-state index < -0.39 is 0 Å². The van der Waals surface area contributed by atoms with Gasteiger partial charge in [0, 0.05) is 38.4 Å². The summed E-state index contributed by atoms with van der Waals surface area (Å²) in [5.74, 6) is 0. The van der Waals surface area contributed by atoms with Gasteiger partial charge in [0.1, 0.15) is 0 Å². The van der Waals surface area contributed by atoms with Gasteiger partial charge in [-0.1, -0.05) is 18.2 Å². The zero-order valence-corrected chi connectivity index (χ0v) is 11.1. The third kappa shape index (κ3) is 2.25. The van der Waals surface area contributed by atoms with Crippen molar-refractivity contribution in [3.63, 3.8) is 0 Å². The third-order valence-corrected chi connectivity index (χ3v) is 4.16. The lowest BCUT2D eigenvalue weighted by Gasteiger charge is -2.35. The van der Waals surface area contributed by atoms with E-state index in [1.165, 1.54) is 24.1 Å². The molecule has 1 aromatic carbocycles. The standard InChI is InChI=1S/C15H22N2O/c1-16-8-4-7-15(17-9-11-18-12-10-17)13-5-2-3-6-14(13)16/h2-3,5-6,15H,4,7-12H2,1H3. The Morgan fingerprint density at radius 2 is 1.89 bits per heavy atom. The molecule has 0 spiro atoms. The van der Waals surface area contributed by atoms with Crippen LogP contribution in [0.3, 0.4) is 0 Å². The molecule has 0 amide bonds. The van der Waals surface area contributed by atoms with Crippen molar-refractivity contribution < 1.29 is 4.74 Å². The molecule has 0 aromatic heterocycles. The van der Waals surface area contributed by atoms with E-state index in [1.807, 2.05) is 0 Å². The molecular weight excluding hydrogens is 224 g/mol. The number of rotatable bonds is 1. The number of nitrogens with zero attached hydrogens (tertiary/aromatic N) is 2. The molecule has 0 bridgehead atoms. The molecule has 3 heteroatoms. The largest absolute Gasteiger partial charge is 0.379 e. The maximum atomic E-state index is 5.48. The number of hydrogen-bond acceptors (Lipinski definition) is 3. The molecule has 3 nitrogen and oxygen atoms in total. The van der Waals surface area contributed by atoms with Crippen molar-refractivity contribution in [1.29, 1.82) is 0 Å². The van der Waals surface area contributed by atoms with E-state index in [1.54, 1.807) is 0 Å². The fraction of sp³-hybridized carbons (Fsp3) is 0.600. The number of fused-ring (bicyclic) bond motifs is 1. The summed E-state index contributed by atoms with van der Waals surface area (Å²) >= 11 is 0. The van der Waals surface area contributed by atoms with Gasteiger partial charge in [0.2, 0.25) is 0 Å². The van der Waals surface area contributed by atoms with Gasteiger partial charge in [0.15, 0.2) is 0 Å². The van der Waals surface area contributed by atoms with Crippen molar-refractivity contribution in [2.24, 2.45) is 0 Å². The SMILES string of the molecule is CN1CCCC(N2CCOCC2)c2ccccc21. The van der Waals surface area contributed by atoms with Crippen molar-refractivity contribution in [1.82, 2.24) is 4.90 Å². The van der Waals surface area contributed by atoms with Crippen molar-refractivity contribution in [3.8, 4) is 0 Å². The first-order valence-corrected chi connectivity index (χ1v) is 6.98. The van der Waals surface area contributed by atoms with Gasteiger partial charge in [-0.05, 0) is 24.5 Å². The molecule has 0 N–H and O–H groups in total. The van der Waals surface area contributed by atoms with Gasteiger partial charge >= 0.3 is 0 Å². The summed E-state index contributed by atoms with van der Waals surface area (Å²) in [5, 5.41) is 0. The number of hydrogen-bond donors (Lipinski definition) is 0. The Morgan fingerprint density at radius 3 is 2.72 bits per heavy atom. The van der Waals surface area contributed by atoms with Crippen LogP contribution in [0.2, 0.25) is 0 Å². The van der Waals surface area contributed by atoms with Gasteiger partial charge < -0.3 is 9.64 Å². The van der Waals surface area contributed by atoms with Gasteiger partial charge in [0.05, 0.1) is 13.2 Å². The molecular formula is C15H22N2O. The molecule has 0 radical (unpaired) electrons. The van der Waals surface area contributed by atoms with Crippen LogP contribution in [0.25, 0.3) is 0 Å². The molecule has 2 aliphatic heterocycles. The Kier molecular flexibility index (Phi) is 3.52. The first-order valence-electron chi connectivity index (χ1n) is 6.98. The predicted molar refractivity (Wildman–Crippen MR) is 74.1 cm³/mol. The molecule has 2 heterocycles. The maximum Gasteiger partial charge on any atom is 0.0594 e. The van der Waals surface area contributed by atoms with Crippen molar-refractivity contribution in [2.75, 3.05) is 44.8 Å². The van der Waals surface area contributed by atoms with Crippen molar-refractivity contribution in [2.45, 2.75) is 18.9 Å². The molecule has 18 heavy (non-hydrogen) atoms. The summed E-state index contributed by atoms with van der Waals surface area (Å²) in [7, 11) is 2.21. The highest BCUT2D eigenvalue weighted by atomic mass is 16.5. The topological polar surface area (TPSA) is 15.7 Å². The van der Waals surface area contributed by atoms with E-state index in [2.05, 4.69) is 41.1 Å². The second-order valence-corrected chi connectivity index (χ2v) is 5.29. The molecule has 0 saturated carbocycles. The number of benzene rings is 1. The highest BCUT2D eigenvalue weighted by Gasteiger charge is 2.27. The molecule has 1 unspecified atom stereocenters. The van der Waals surface area contributed by atoms with Gasteiger partial charge in [-0.3, -0.25) is 4.90 Å². The smallest absolute Gasteiger partial charge is 0.0594 e. The molecule has 1 aromatic rings. The average molecular weight is 246 g/mol. The molecule has 98 valence electrons. The summed E-state index contributed by atoms with van der Waals surface area (Å²) in [5.41, 5.74) is 2.91. The highest BCUT2D eigenvalue weighted by Crippen LogP contribution is 2.36. The monoisotopic (exact) mass is 246 g/mol. The molecule has 3 rings (SSSR count). The van der Waals surface area contributed by atoms with Crippen LogP contribution < -0.4 is 4.90 Å². The van der Waals surface area contributed by atoms with Crippen LogP contribution in [0.5, 0.6) is 0 Å². The van der Waals surface area contributed by atoms with E-state index in [0.717, 1.165) is 32.8 Å². The first-order chi connectivity index (χ1) is 8.86. The van der Waals surface area contributed by atoms with Gasteiger partial charge in [-0.2, -0.15) is 0 Å². The summed E-state index contributed by atoms with van der Waals surface area (Å²) in [4.78, 5) is 5.00. The minimum atomic E-state index is 0.579. The maximum absolute atomic E-state index is 5.48. The molecule has 1 fully saturated rings. The lowest BCUT2D eigenvalue weighted by atomic mass is 9.99. The molecule has 0 aliphatic carbocycles. The Morgan fingerprint density at radius 1 is 1.11 bits per heavy atom. The third-order valence-electron chi connectivity index (χ3n) is 4.16. The normalized spacial score (nSPS) is 25.6. The minimum Gasteiger partial charge on any atom is -0.379 e. The molecule has 1 saturated heterocycles. The summed E-state index contributed by atoms with van der Waals surface area (Å²) in [6.07, 6.45) is 2.54. The number of anilines is 1.